The Morgan fingerprint density at radius 2 is 1.74 bits per heavy atom. The van der Waals surface area contributed by atoms with Gasteiger partial charge in [0.05, 0.1) is 5.60 Å². The Hall–Kier alpha value is -0.860. The van der Waals surface area contributed by atoms with Gasteiger partial charge < -0.3 is 5.11 Å². The smallest absolute Gasteiger partial charge is 0.0948 e. The van der Waals surface area contributed by atoms with Crippen molar-refractivity contribution in [2.75, 3.05) is 6.54 Å². The van der Waals surface area contributed by atoms with Gasteiger partial charge in [0.15, 0.2) is 0 Å². The predicted octanol–water partition coefficient (Wildman–Crippen LogP) is 3.40. The van der Waals surface area contributed by atoms with Gasteiger partial charge in [0.1, 0.15) is 0 Å². The van der Waals surface area contributed by atoms with Crippen molar-refractivity contribution in [3.8, 4) is 0 Å². The van der Waals surface area contributed by atoms with Crippen molar-refractivity contribution in [1.29, 1.82) is 0 Å². The molecule has 1 saturated heterocycles. The number of hydrogen-bond donors (Lipinski definition) is 1. The van der Waals surface area contributed by atoms with Gasteiger partial charge in [-0.2, -0.15) is 0 Å². The average Bonchev–Trinajstić information content (AvgIpc) is 2.35. The summed E-state index contributed by atoms with van der Waals surface area (Å²) in [6, 6.07) is 10.5. The van der Waals surface area contributed by atoms with Crippen molar-refractivity contribution in [2.45, 2.75) is 58.2 Å². The SMILES string of the molecule is CC1C(C)C(O)(c2ccccc2)CCN1C(C)(C)C. The molecule has 0 amide bonds. The molecule has 3 unspecified atom stereocenters. The van der Waals surface area contributed by atoms with Gasteiger partial charge in [-0.1, -0.05) is 37.3 Å². The highest BCUT2D eigenvalue weighted by molar-refractivity contribution is 5.24. The van der Waals surface area contributed by atoms with E-state index in [0.717, 1.165) is 18.5 Å². The lowest BCUT2D eigenvalue weighted by molar-refractivity contribution is -0.116. The van der Waals surface area contributed by atoms with Crippen molar-refractivity contribution < 1.29 is 5.11 Å². The van der Waals surface area contributed by atoms with Gasteiger partial charge in [-0.05, 0) is 39.7 Å². The van der Waals surface area contributed by atoms with Gasteiger partial charge in [0.25, 0.3) is 0 Å². The first-order valence-corrected chi connectivity index (χ1v) is 7.31. The van der Waals surface area contributed by atoms with Crippen molar-refractivity contribution in [3.05, 3.63) is 35.9 Å². The Kier molecular flexibility index (Phi) is 3.76. The minimum atomic E-state index is -0.692. The number of nitrogens with zero attached hydrogens (tertiary/aromatic N) is 1. The van der Waals surface area contributed by atoms with Crippen LogP contribution in [0.1, 0.15) is 46.6 Å². The molecule has 2 heteroatoms. The lowest BCUT2D eigenvalue weighted by Gasteiger charge is -2.52. The van der Waals surface area contributed by atoms with Crippen LogP contribution in [0.5, 0.6) is 0 Å². The topological polar surface area (TPSA) is 23.5 Å². The van der Waals surface area contributed by atoms with Crippen molar-refractivity contribution in [3.63, 3.8) is 0 Å². The van der Waals surface area contributed by atoms with Crippen LogP contribution in [0.4, 0.5) is 0 Å². The predicted molar refractivity (Wildman–Crippen MR) is 80.0 cm³/mol. The Balaban J connectivity index is 2.29. The number of likely N-dealkylation sites (tertiary alicyclic amines) is 1. The first-order chi connectivity index (χ1) is 8.77. The van der Waals surface area contributed by atoms with Crippen LogP contribution in [-0.4, -0.2) is 28.1 Å². The molecule has 2 rings (SSSR count). The average molecular weight is 261 g/mol. The van der Waals surface area contributed by atoms with Crippen LogP contribution in [0, 0.1) is 5.92 Å². The Morgan fingerprint density at radius 1 is 1.16 bits per heavy atom. The third kappa shape index (κ3) is 2.56. The summed E-state index contributed by atoms with van der Waals surface area (Å²) in [5.41, 5.74) is 0.525. The zero-order chi connectivity index (χ0) is 14.3. The molecular weight excluding hydrogens is 234 g/mol. The van der Waals surface area contributed by atoms with Gasteiger partial charge in [0, 0.05) is 24.0 Å². The molecule has 0 aromatic heterocycles. The summed E-state index contributed by atoms with van der Waals surface area (Å²) in [6.45, 7) is 12.1. The van der Waals surface area contributed by atoms with Gasteiger partial charge >= 0.3 is 0 Å². The number of benzene rings is 1. The van der Waals surface area contributed by atoms with Crippen molar-refractivity contribution in [1.82, 2.24) is 4.90 Å². The second-order valence-electron chi connectivity index (χ2n) is 6.93. The van der Waals surface area contributed by atoms with Crippen LogP contribution in [0.3, 0.4) is 0 Å². The van der Waals surface area contributed by atoms with Crippen LogP contribution < -0.4 is 0 Å². The summed E-state index contributed by atoms with van der Waals surface area (Å²) in [6.07, 6.45) is 0.805. The second kappa shape index (κ2) is 4.92. The quantitative estimate of drug-likeness (QED) is 0.837. The van der Waals surface area contributed by atoms with E-state index in [-0.39, 0.29) is 11.5 Å². The van der Waals surface area contributed by atoms with Crippen molar-refractivity contribution >= 4 is 0 Å². The molecule has 0 saturated carbocycles. The van der Waals surface area contributed by atoms with Gasteiger partial charge in [0.2, 0.25) is 0 Å². The molecule has 0 radical (unpaired) electrons. The van der Waals surface area contributed by atoms with Crippen LogP contribution in [0.25, 0.3) is 0 Å². The molecule has 1 aliphatic heterocycles. The number of hydrogen-bond acceptors (Lipinski definition) is 2. The van der Waals surface area contributed by atoms with Gasteiger partial charge in [-0.3, -0.25) is 4.90 Å². The van der Waals surface area contributed by atoms with Crippen LogP contribution in [0.15, 0.2) is 30.3 Å². The van der Waals surface area contributed by atoms with Crippen molar-refractivity contribution in [2.24, 2.45) is 5.92 Å². The Bertz CT molecular complexity index is 423. The van der Waals surface area contributed by atoms with Crippen LogP contribution in [0.2, 0.25) is 0 Å². The summed E-state index contributed by atoms with van der Waals surface area (Å²) < 4.78 is 0. The molecule has 19 heavy (non-hydrogen) atoms. The van der Waals surface area contributed by atoms with E-state index < -0.39 is 5.60 Å². The number of rotatable bonds is 1. The van der Waals surface area contributed by atoms with E-state index >= 15 is 0 Å². The fourth-order valence-electron chi connectivity index (χ4n) is 3.47. The van der Waals surface area contributed by atoms with E-state index in [1.54, 1.807) is 0 Å². The Morgan fingerprint density at radius 3 is 2.26 bits per heavy atom. The highest BCUT2D eigenvalue weighted by Gasteiger charge is 2.46. The third-order valence-corrected chi connectivity index (χ3v) is 4.84. The maximum absolute atomic E-state index is 11.1. The summed E-state index contributed by atoms with van der Waals surface area (Å²) in [4.78, 5) is 2.51. The minimum Gasteiger partial charge on any atom is -0.385 e. The monoisotopic (exact) mass is 261 g/mol. The van der Waals surface area contributed by atoms with E-state index in [0.29, 0.717) is 6.04 Å². The van der Waals surface area contributed by atoms with E-state index in [9.17, 15) is 5.11 Å². The summed E-state index contributed by atoms with van der Waals surface area (Å²) in [7, 11) is 0. The number of aliphatic hydroxyl groups is 1. The van der Waals surface area contributed by atoms with Gasteiger partial charge in [-0.15, -0.1) is 0 Å². The second-order valence-corrected chi connectivity index (χ2v) is 6.93. The third-order valence-electron chi connectivity index (χ3n) is 4.84. The molecule has 106 valence electrons. The van der Waals surface area contributed by atoms with E-state index in [1.807, 2.05) is 18.2 Å². The normalized spacial score (nSPS) is 33.4. The molecule has 2 nitrogen and oxygen atoms in total. The van der Waals surface area contributed by atoms with Crippen LogP contribution in [-0.2, 0) is 5.60 Å². The maximum Gasteiger partial charge on any atom is 0.0948 e. The highest BCUT2D eigenvalue weighted by Crippen LogP contribution is 2.42. The molecule has 0 spiro atoms. The van der Waals surface area contributed by atoms with E-state index in [4.69, 9.17) is 0 Å². The molecule has 1 aliphatic rings. The number of piperidine rings is 1. The van der Waals surface area contributed by atoms with E-state index in [1.165, 1.54) is 0 Å². The molecule has 1 aromatic rings. The molecule has 0 aliphatic carbocycles. The molecule has 1 fully saturated rings. The molecule has 0 bridgehead atoms. The molecule has 3 atom stereocenters. The highest BCUT2D eigenvalue weighted by atomic mass is 16.3. The molecule has 1 N–H and O–H groups in total. The lowest BCUT2D eigenvalue weighted by atomic mass is 9.72. The zero-order valence-corrected chi connectivity index (χ0v) is 12.9. The van der Waals surface area contributed by atoms with Crippen LogP contribution >= 0.6 is 0 Å². The first kappa shape index (κ1) is 14.5. The summed E-state index contributed by atoms with van der Waals surface area (Å²) in [5.74, 6) is 0.225. The standard InChI is InChI=1S/C17H27NO/c1-13-14(2)18(16(3,4)5)12-11-17(13,19)15-9-7-6-8-10-15/h6-10,13-14,19H,11-12H2,1-5H3. The Labute approximate surface area is 117 Å². The fraction of sp³-hybridized carbons (Fsp3) is 0.647. The molecule has 1 aromatic carbocycles. The van der Waals surface area contributed by atoms with E-state index in [2.05, 4.69) is 51.7 Å². The first-order valence-electron chi connectivity index (χ1n) is 7.31. The zero-order valence-electron chi connectivity index (χ0n) is 12.9. The molecule has 1 heterocycles. The van der Waals surface area contributed by atoms with Gasteiger partial charge in [-0.25, -0.2) is 0 Å². The minimum absolute atomic E-state index is 0.158. The summed E-state index contributed by atoms with van der Waals surface area (Å²) in [5, 5.41) is 11.1. The molecular formula is C17H27NO. The largest absolute Gasteiger partial charge is 0.385 e. The maximum atomic E-state index is 11.1. The summed E-state index contributed by atoms with van der Waals surface area (Å²) >= 11 is 0. The lowest BCUT2D eigenvalue weighted by Crippen LogP contribution is -2.59. The fourth-order valence-corrected chi connectivity index (χ4v) is 3.47.